The molecule has 5 nitrogen and oxygen atoms in total. The lowest BCUT2D eigenvalue weighted by atomic mass is 10.0. The third-order valence-electron chi connectivity index (χ3n) is 6.61. The minimum atomic E-state index is -0.186. The minimum absolute atomic E-state index is 0.0215. The predicted octanol–water partition coefficient (Wildman–Crippen LogP) is 10.5. The van der Waals surface area contributed by atoms with Gasteiger partial charge in [-0.05, 0) is 61.9 Å². The minimum Gasteiger partial charge on any atom is -0.427 e. The molecule has 37 heavy (non-hydrogen) atoms. The molecule has 0 aromatic heterocycles. The zero-order chi connectivity index (χ0) is 26.6. The summed E-state index contributed by atoms with van der Waals surface area (Å²) in [6.45, 7) is 3.80. The number of rotatable bonds is 20. The molecule has 0 saturated carbocycles. The van der Waals surface area contributed by atoms with E-state index in [2.05, 4.69) is 17.2 Å². The number of Topliss-reactive ketones (excluding diaryl/α,β-unsaturated/α-hetero) is 1. The molecular formula is C32H46N2O3. The standard InChI is InChI=1S/C32H46N2O3/c1-3-4-5-6-7-8-9-10-11-12-13-14-15-16-17-18-32(36)37-31-25-23-30(24-26-31)34-33-29-21-19-28(20-22-29)27(2)35/h19-26H,3-18H2,1-2H3. The van der Waals surface area contributed by atoms with Crippen molar-refractivity contribution in [1.82, 2.24) is 0 Å². The van der Waals surface area contributed by atoms with Gasteiger partial charge < -0.3 is 4.74 Å². The summed E-state index contributed by atoms with van der Waals surface area (Å²) in [4.78, 5) is 23.5. The van der Waals surface area contributed by atoms with E-state index in [1.54, 1.807) is 48.5 Å². The summed E-state index contributed by atoms with van der Waals surface area (Å²) in [5.74, 6) is 0.360. The van der Waals surface area contributed by atoms with Crippen LogP contribution in [0.1, 0.15) is 127 Å². The fourth-order valence-corrected chi connectivity index (χ4v) is 4.28. The molecule has 2 aromatic carbocycles. The number of ketones is 1. The molecule has 0 aliphatic carbocycles. The van der Waals surface area contributed by atoms with Gasteiger partial charge >= 0.3 is 5.97 Å². The molecule has 0 fully saturated rings. The summed E-state index contributed by atoms with van der Waals surface area (Å²) in [6.07, 6.45) is 20.1. The average molecular weight is 507 g/mol. The van der Waals surface area contributed by atoms with Crippen molar-refractivity contribution in [3.05, 3.63) is 54.1 Å². The van der Waals surface area contributed by atoms with E-state index in [0.717, 1.165) is 12.8 Å². The van der Waals surface area contributed by atoms with Crippen LogP contribution in [0.15, 0.2) is 58.8 Å². The van der Waals surface area contributed by atoms with E-state index in [1.807, 2.05) is 0 Å². The maximum Gasteiger partial charge on any atom is 0.311 e. The van der Waals surface area contributed by atoms with Crippen molar-refractivity contribution in [2.24, 2.45) is 10.2 Å². The van der Waals surface area contributed by atoms with E-state index >= 15 is 0 Å². The number of esters is 1. The van der Waals surface area contributed by atoms with Crippen molar-refractivity contribution < 1.29 is 14.3 Å². The van der Waals surface area contributed by atoms with E-state index in [0.29, 0.717) is 29.1 Å². The maximum absolute atomic E-state index is 12.1. The smallest absolute Gasteiger partial charge is 0.311 e. The van der Waals surface area contributed by atoms with Gasteiger partial charge in [0.25, 0.3) is 0 Å². The maximum atomic E-state index is 12.1. The average Bonchev–Trinajstić information content (AvgIpc) is 2.90. The SMILES string of the molecule is CCCCCCCCCCCCCCCCCC(=O)Oc1ccc(N=Nc2ccc(C(C)=O)cc2)cc1. The molecule has 0 aliphatic rings. The first-order chi connectivity index (χ1) is 18.1. The Bertz CT molecular complexity index is 920. The van der Waals surface area contributed by atoms with Crippen LogP contribution in [0.5, 0.6) is 5.75 Å². The number of nitrogens with zero attached hydrogens (tertiary/aromatic N) is 2. The number of azo groups is 1. The fourth-order valence-electron chi connectivity index (χ4n) is 4.28. The van der Waals surface area contributed by atoms with Gasteiger partial charge in [0, 0.05) is 12.0 Å². The van der Waals surface area contributed by atoms with Crippen LogP contribution in [0.2, 0.25) is 0 Å². The van der Waals surface area contributed by atoms with E-state index in [1.165, 1.54) is 90.4 Å². The first kappa shape index (κ1) is 30.4. The molecule has 0 aliphatic heterocycles. The second-order valence-corrected chi connectivity index (χ2v) is 9.97. The molecular weight excluding hydrogens is 460 g/mol. The van der Waals surface area contributed by atoms with Crippen LogP contribution in [0.25, 0.3) is 0 Å². The Morgan fingerprint density at radius 2 is 1.00 bits per heavy atom. The molecule has 2 rings (SSSR count). The van der Waals surface area contributed by atoms with Gasteiger partial charge in [-0.1, -0.05) is 96.8 Å². The number of hydrogen-bond donors (Lipinski definition) is 0. The van der Waals surface area contributed by atoms with Gasteiger partial charge in [0.1, 0.15) is 5.75 Å². The van der Waals surface area contributed by atoms with Gasteiger partial charge in [-0.25, -0.2) is 0 Å². The second-order valence-electron chi connectivity index (χ2n) is 9.97. The molecule has 2 aromatic rings. The van der Waals surface area contributed by atoms with Gasteiger partial charge in [0.2, 0.25) is 0 Å². The highest BCUT2D eigenvalue weighted by Gasteiger charge is 2.05. The number of ether oxygens (including phenoxy) is 1. The van der Waals surface area contributed by atoms with Crippen molar-refractivity contribution in [2.45, 2.75) is 117 Å². The number of carbonyl (C=O) groups excluding carboxylic acids is 2. The third kappa shape index (κ3) is 14.5. The normalized spacial score (nSPS) is 11.2. The Labute approximate surface area is 224 Å². The van der Waals surface area contributed by atoms with Crippen molar-refractivity contribution >= 4 is 23.1 Å². The number of benzene rings is 2. The molecule has 0 atom stereocenters. The fraction of sp³-hybridized carbons (Fsp3) is 0.562. The van der Waals surface area contributed by atoms with E-state index in [4.69, 9.17) is 4.74 Å². The topological polar surface area (TPSA) is 68.1 Å². The highest BCUT2D eigenvalue weighted by Crippen LogP contribution is 2.22. The van der Waals surface area contributed by atoms with Gasteiger partial charge in [0.05, 0.1) is 11.4 Å². The molecule has 202 valence electrons. The second kappa shape index (κ2) is 19.3. The lowest BCUT2D eigenvalue weighted by molar-refractivity contribution is -0.134. The largest absolute Gasteiger partial charge is 0.427 e. The lowest BCUT2D eigenvalue weighted by Gasteiger charge is -2.05. The zero-order valence-electron chi connectivity index (χ0n) is 23.1. The van der Waals surface area contributed by atoms with E-state index in [-0.39, 0.29) is 11.8 Å². The summed E-state index contributed by atoms with van der Waals surface area (Å²) in [5.41, 5.74) is 1.98. The van der Waals surface area contributed by atoms with Gasteiger partial charge in [-0.15, -0.1) is 0 Å². The molecule has 0 unspecified atom stereocenters. The third-order valence-corrected chi connectivity index (χ3v) is 6.61. The zero-order valence-corrected chi connectivity index (χ0v) is 23.1. The van der Waals surface area contributed by atoms with Crippen LogP contribution in [0.3, 0.4) is 0 Å². The van der Waals surface area contributed by atoms with E-state index in [9.17, 15) is 9.59 Å². The van der Waals surface area contributed by atoms with Crippen LogP contribution in [-0.4, -0.2) is 11.8 Å². The summed E-state index contributed by atoms with van der Waals surface area (Å²) < 4.78 is 5.44. The van der Waals surface area contributed by atoms with Crippen LogP contribution < -0.4 is 4.74 Å². The summed E-state index contributed by atoms with van der Waals surface area (Å²) in [7, 11) is 0. The quantitative estimate of drug-likeness (QED) is 0.0589. The molecule has 0 N–H and O–H groups in total. The number of hydrogen-bond acceptors (Lipinski definition) is 5. The predicted molar refractivity (Wildman–Crippen MR) is 152 cm³/mol. The monoisotopic (exact) mass is 506 g/mol. The van der Waals surface area contributed by atoms with Crippen molar-refractivity contribution in [3.8, 4) is 5.75 Å². The molecule has 0 spiro atoms. The molecule has 0 heterocycles. The molecule has 0 bridgehead atoms. The first-order valence-electron chi connectivity index (χ1n) is 14.4. The highest BCUT2D eigenvalue weighted by molar-refractivity contribution is 5.94. The van der Waals surface area contributed by atoms with Gasteiger partial charge in [0.15, 0.2) is 5.78 Å². The molecule has 0 amide bonds. The number of unbranched alkanes of at least 4 members (excludes halogenated alkanes) is 14. The Morgan fingerprint density at radius 1 is 0.595 bits per heavy atom. The lowest BCUT2D eigenvalue weighted by Crippen LogP contribution is -2.07. The summed E-state index contributed by atoms with van der Waals surface area (Å²) in [5, 5.41) is 8.37. The molecule has 0 saturated heterocycles. The van der Waals surface area contributed by atoms with E-state index < -0.39 is 0 Å². The van der Waals surface area contributed by atoms with Crippen LogP contribution >= 0.6 is 0 Å². The van der Waals surface area contributed by atoms with Crippen molar-refractivity contribution in [2.75, 3.05) is 0 Å². The van der Waals surface area contributed by atoms with Crippen LogP contribution in [-0.2, 0) is 4.79 Å². The van der Waals surface area contributed by atoms with Crippen molar-refractivity contribution in [3.63, 3.8) is 0 Å². The Balaban J connectivity index is 1.48. The highest BCUT2D eigenvalue weighted by atomic mass is 16.5. The van der Waals surface area contributed by atoms with Gasteiger partial charge in [-0.2, -0.15) is 10.2 Å². The van der Waals surface area contributed by atoms with Crippen molar-refractivity contribution in [1.29, 1.82) is 0 Å². The summed E-state index contributed by atoms with van der Waals surface area (Å²) >= 11 is 0. The Kier molecular flexibility index (Phi) is 15.9. The molecule has 5 heteroatoms. The number of carbonyl (C=O) groups is 2. The Morgan fingerprint density at radius 3 is 1.43 bits per heavy atom. The van der Waals surface area contributed by atoms with Crippen LogP contribution in [0, 0.1) is 0 Å². The first-order valence-corrected chi connectivity index (χ1v) is 14.4. The Hall–Kier alpha value is -2.82. The van der Waals surface area contributed by atoms with Gasteiger partial charge in [-0.3, -0.25) is 9.59 Å². The summed E-state index contributed by atoms with van der Waals surface area (Å²) in [6, 6.07) is 14.0. The molecule has 0 radical (unpaired) electrons. The van der Waals surface area contributed by atoms with Crippen LogP contribution in [0.4, 0.5) is 11.4 Å².